The lowest BCUT2D eigenvalue weighted by molar-refractivity contribution is 0.232. The zero-order valence-corrected chi connectivity index (χ0v) is 13.5. The Morgan fingerprint density at radius 2 is 2.04 bits per heavy atom. The Morgan fingerprint density at radius 1 is 1.30 bits per heavy atom. The van der Waals surface area contributed by atoms with Crippen molar-refractivity contribution in [2.75, 3.05) is 13.2 Å². The van der Waals surface area contributed by atoms with Crippen molar-refractivity contribution < 1.29 is 17.5 Å². The van der Waals surface area contributed by atoms with E-state index in [0.29, 0.717) is 12.3 Å². The number of halogens is 1. The molecule has 23 heavy (non-hydrogen) atoms. The van der Waals surface area contributed by atoms with Gasteiger partial charge in [-0.2, -0.15) is 9.40 Å². The molecule has 1 aliphatic rings. The molecule has 0 N–H and O–H groups in total. The van der Waals surface area contributed by atoms with Crippen molar-refractivity contribution >= 4 is 10.0 Å². The minimum atomic E-state index is -3.59. The van der Waals surface area contributed by atoms with Crippen LogP contribution in [0.15, 0.2) is 41.6 Å². The topological polar surface area (TPSA) is 64.4 Å². The maximum absolute atomic E-state index is 12.9. The van der Waals surface area contributed by atoms with Gasteiger partial charge in [0.2, 0.25) is 0 Å². The van der Waals surface area contributed by atoms with Gasteiger partial charge in [-0.15, -0.1) is 0 Å². The highest BCUT2D eigenvalue weighted by atomic mass is 32.2. The molecule has 0 radical (unpaired) electrons. The molecule has 1 aromatic carbocycles. The van der Waals surface area contributed by atoms with Gasteiger partial charge >= 0.3 is 0 Å². The van der Waals surface area contributed by atoms with E-state index in [2.05, 4.69) is 5.10 Å². The van der Waals surface area contributed by atoms with Crippen LogP contribution in [0.25, 0.3) is 0 Å². The average Bonchev–Trinajstić information content (AvgIpc) is 3.16. The molecule has 1 fully saturated rings. The summed E-state index contributed by atoms with van der Waals surface area (Å²) in [5.74, 6) is 0.190. The third kappa shape index (κ3) is 3.23. The molecular formula is C15H18FN3O3S. The van der Waals surface area contributed by atoms with Gasteiger partial charge < -0.3 is 4.74 Å². The highest BCUT2D eigenvalue weighted by Crippen LogP contribution is 2.26. The number of ether oxygens (including phenoxy) is 1. The Kier molecular flexibility index (Phi) is 4.36. The largest absolute Gasteiger partial charge is 0.492 e. The zero-order chi connectivity index (χ0) is 16.4. The predicted octanol–water partition coefficient (Wildman–Crippen LogP) is 1.79. The molecule has 0 spiro atoms. The number of hydrogen-bond donors (Lipinski definition) is 0. The van der Waals surface area contributed by atoms with Crippen molar-refractivity contribution in [3.63, 3.8) is 0 Å². The second kappa shape index (κ2) is 6.29. The molecule has 8 heteroatoms. The van der Waals surface area contributed by atoms with Gasteiger partial charge in [-0.05, 0) is 43.2 Å². The fourth-order valence-electron chi connectivity index (χ4n) is 2.75. The van der Waals surface area contributed by atoms with E-state index >= 15 is 0 Å². The number of nitrogens with zero attached hydrogens (tertiary/aromatic N) is 3. The number of rotatable bonds is 5. The molecule has 1 aliphatic heterocycles. The molecule has 0 amide bonds. The molecule has 0 unspecified atom stereocenters. The van der Waals surface area contributed by atoms with E-state index in [1.807, 2.05) is 0 Å². The minimum Gasteiger partial charge on any atom is -0.492 e. The van der Waals surface area contributed by atoms with Gasteiger partial charge in [-0.25, -0.2) is 12.8 Å². The quantitative estimate of drug-likeness (QED) is 0.833. The number of aromatic nitrogens is 2. The second-order valence-electron chi connectivity index (χ2n) is 5.47. The van der Waals surface area contributed by atoms with Crippen LogP contribution in [0, 0.1) is 5.82 Å². The average molecular weight is 339 g/mol. The summed E-state index contributed by atoms with van der Waals surface area (Å²) in [5.41, 5.74) is 0. The van der Waals surface area contributed by atoms with E-state index in [1.54, 1.807) is 7.05 Å². The minimum absolute atomic E-state index is 0.172. The van der Waals surface area contributed by atoms with Crippen LogP contribution in [0.1, 0.15) is 12.8 Å². The molecule has 2 aromatic rings. The molecule has 0 saturated carbocycles. The van der Waals surface area contributed by atoms with Crippen LogP contribution in [0.5, 0.6) is 5.75 Å². The Morgan fingerprint density at radius 3 is 2.70 bits per heavy atom. The highest BCUT2D eigenvalue weighted by Gasteiger charge is 2.37. The fraction of sp³-hybridized carbons (Fsp3) is 0.400. The summed E-state index contributed by atoms with van der Waals surface area (Å²) < 4.78 is 46.8. The second-order valence-corrected chi connectivity index (χ2v) is 7.31. The maximum Gasteiger partial charge on any atom is 0.260 e. The van der Waals surface area contributed by atoms with Crippen LogP contribution in [0.4, 0.5) is 4.39 Å². The number of aryl methyl sites for hydroxylation is 1. The molecule has 1 saturated heterocycles. The molecule has 0 aliphatic carbocycles. The third-order valence-corrected chi connectivity index (χ3v) is 5.96. The SMILES string of the molecule is Cn1nccc1S(=O)(=O)N1CCC[C@H]1COc1ccc(F)cc1. The molecule has 3 rings (SSSR count). The first kappa shape index (κ1) is 15.9. The Hall–Kier alpha value is -1.93. The first-order chi connectivity index (χ1) is 11.0. The van der Waals surface area contributed by atoms with Crippen molar-refractivity contribution in [2.45, 2.75) is 23.9 Å². The van der Waals surface area contributed by atoms with E-state index in [-0.39, 0.29) is 23.5 Å². The highest BCUT2D eigenvalue weighted by molar-refractivity contribution is 7.89. The van der Waals surface area contributed by atoms with Gasteiger partial charge in [-0.3, -0.25) is 4.68 Å². The van der Waals surface area contributed by atoms with E-state index in [0.717, 1.165) is 12.8 Å². The van der Waals surface area contributed by atoms with Gasteiger partial charge in [0.1, 0.15) is 18.2 Å². The number of hydrogen-bond acceptors (Lipinski definition) is 4. The van der Waals surface area contributed by atoms with E-state index < -0.39 is 10.0 Å². The molecule has 1 aromatic heterocycles. The predicted molar refractivity (Wildman–Crippen MR) is 82.0 cm³/mol. The van der Waals surface area contributed by atoms with Crippen molar-refractivity contribution in [1.29, 1.82) is 0 Å². The van der Waals surface area contributed by atoms with Crippen molar-refractivity contribution in [3.8, 4) is 5.75 Å². The molecule has 1 atom stereocenters. The lowest BCUT2D eigenvalue weighted by Crippen LogP contribution is -2.39. The number of benzene rings is 1. The smallest absolute Gasteiger partial charge is 0.260 e. The standard InChI is InChI=1S/C15H18FN3O3S/c1-18-15(8-9-17-18)23(20,21)19-10-2-3-13(19)11-22-14-6-4-12(16)5-7-14/h4-9,13H,2-3,10-11H2,1H3/t13-/m0/s1. The Labute approximate surface area is 134 Å². The molecule has 0 bridgehead atoms. The summed E-state index contributed by atoms with van der Waals surface area (Å²) in [7, 11) is -1.99. The van der Waals surface area contributed by atoms with Crippen LogP contribution in [0.3, 0.4) is 0 Å². The van der Waals surface area contributed by atoms with E-state index in [1.165, 1.54) is 45.5 Å². The molecular weight excluding hydrogens is 321 g/mol. The molecule has 6 nitrogen and oxygen atoms in total. The Balaban J connectivity index is 1.73. The first-order valence-electron chi connectivity index (χ1n) is 7.37. The van der Waals surface area contributed by atoms with Gasteiger partial charge in [0.15, 0.2) is 5.03 Å². The van der Waals surface area contributed by atoms with Crippen LogP contribution < -0.4 is 4.74 Å². The van der Waals surface area contributed by atoms with Gasteiger partial charge in [0, 0.05) is 13.6 Å². The molecule has 124 valence electrons. The van der Waals surface area contributed by atoms with Crippen LogP contribution in [-0.4, -0.2) is 41.7 Å². The lowest BCUT2D eigenvalue weighted by Gasteiger charge is -2.24. The monoisotopic (exact) mass is 339 g/mol. The molecule has 2 heterocycles. The lowest BCUT2D eigenvalue weighted by atomic mass is 10.2. The fourth-order valence-corrected chi connectivity index (χ4v) is 4.53. The first-order valence-corrected chi connectivity index (χ1v) is 8.81. The van der Waals surface area contributed by atoms with E-state index in [9.17, 15) is 12.8 Å². The summed E-state index contributed by atoms with van der Waals surface area (Å²) in [4.78, 5) is 0. The van der Waals surface area contributed by atoms with Gasteiger partial charge in [-0.1, -0.05) is 0 Å². The normalized spacial score (nSPS) is 19.1. The van der Waals surface area contributed by atoms with Crippen LogP contribution in [-0.2, 0) is 17.1 Å². The van der Waals surface area contributed by atoms with Crippen molar-refractivity contribution in [1.82, 2.24) is 14.1 Å². The summed E-state index contributed by atoms with van der Waals surface area (Å²) in [6.45, 7) is 0.702. The summed E-state index contributed by atoms with van der Waals surface area (Å²) >= 11 is 0. The van der Waals surface area contributed by atoms with Crippen LogP contribution in [0.2, 0.25) is 0 Å². The summed E-state index contributed by atoms with van der Waals surface area (Å²) in [6, 6.07) is 6.95. The van der Waals surface area contributed by atoms with E-state index in [4.69, 9.17) is 4.74 Å². The Bertz CT molecular complexity index is 774. The van der Waals surface area contributed by atoms with Crippen molar-refractivity contribution in [2.24, 2.45) is 7.05 Å². The zero-order valence-electron chi connectivity index (χ0n) is 12.7. The maximum atomic E-state index is 12.9. The van der Waals surface area contributed by atoms with Gasteiger partial charge in [0.25, 0.3) is 10.0 Å². The van der Waals surface area contributed by atoms with Crippen LogP contribution >= 0.6 is 0 Å². The third-order valence-electron chi connectivity index (χ3n) is 3.93. The summed E-state index contributed by atoms with van der Waals surface area (Å²) in [5, 5.41) is 4.10. The van der Waals surface area contributed by atoms with Crippen molar-refractivity contribution in [3.05, 3.63) is 42.3 Å². The van der Waals surface area contributed by atoms with Gasteiger partial charge in [0.05, 0.1) is 12.2 Å². The number of sulfonamides is 1. The summed E-state index contributed by atoms with van der Waals surface area (Å²) in [6.07, 6.45) is 2.99.